The second-order valence-corrected chi connectivity index (χ2v) is 5.96. The van der Waals surface area contributed by atoms with Crippen LogP contribution >= 0.6 is 10.8 Å². The summed E-state index contributed by atoms with van der Waals surface area (Å²) in [4.78, 5) is 6.40. The predicted molar refractivity (Wildman–Crippen MR) is 39.3 cm³/mol. The third-order valence-electron chi connectivity index (χ3n) is 0.703. The Labute approximate surface area is 62.4 Å². The maximum Gasteiger partial charge on any atom is 0.206 e. The normalized spacial score (nSPS) is 11.7. The van der Waals surface area contributed by atoms with E-state index in [4.69, 9.17) is 0 Å². The van der Waals surface area contributed by atoms with E-state index in [2.05, 4.69) is 9.97 Å². The Hall–Kier alpha value is -0.490. The molecule has 0 atom stereocenters. The molecule has 4 nitrogen and oxygen atoms in total. The molecule has 1 aromatic rings. The standard InChI is InChI=1S/C4H6N2O2S2/c1-10(7,8)9-4-5-2-3-6-4/h2-3H,1H3,(H,5,6). The van der Waals surface area contributed by atoms with E-state index >= 15 is 0 Å². The van der Waals surface area contributed by atoms with Crippen LogP contribution in [0.1, 0.15) is 0 Å². The zero-order valence-electron chi connectivity index (χ0n) is 5.23. The summed E-state index contributed by atoms with van der Waals surface area (Å²) in [5.74, 6) is 0. The van der Waals surface area contributed by atoms with Crippen LogP contribution < -0.4 is 0 Å². The summed E-state index contributed by atoms with van der Waals surface area (Å²) in [5.41, 5.74) is 0. The number of rotatable bonds is 2. The molecule has 1 N–H and O–H groups in total. The van der Waals surface area contributed by atoms with Crippen molar-refractivity contribution in [2.45, 2.75) is 5.16 Å². The fraction of sp³-hybridized carbons (Fsp3) is 0.250. The minimum absolute atomic E-state index is 0.405. The average molecular weight is 178 g/mol. The van der Waals surface area contributed by atoms with Crippen molar-refractivity contribution in [3.05, 3.63) is 12.4 Å². The highest BCUT2D eigenvalue weighted by Gasteiger charge is 2.05. The lowest BCUT2D eigenvalue weighted by molar-refractivity contribution is 0.615. The molecule has 56 valence electrons. The SMILES string of the molecule is CS(=O)(=O)Sc1ncc[nH]1. The lowest BCUT2D eigenvalue weighted by Crippen LogP contribution is -1.88. The van der Waals surface area contributed by atoms with Crippen LogP contribution in [0.4, 0.5) is 0 Å². The Bertz CT molecular complexity index is 289. The first-order valence-corrected chi connectivity index (χ1v) is 5.69. The third-order valence-corrected chi connectivity index (χ3v) is 2.77. The van der Waals surface area contributed by atoms with E-state index in [-0.39, 0.29) is 0 Å². The quantitative estimate of drug-likeness (QED) is 0.668. The summed E-state index contributed by atoms with van der Waals surface area (Å²) in [7, 11) is -2.31. The number of aromatic nitrogens is 2. The molecule has 0 saturated heterocycles. The van der Waals surface area contributed by atoms with Crippen molar-refractivity contribution < 1.29 is 8.42 Å². The molecule has 0 spiro atoms. The van der Waals surface area contributed by atoms with Gasteiger partial charge in [0.25, 0.3) is 0 Å². The molecule has 0 bridgehead atoms. The molecule has 0 radical (unpaired) electrons. The van der Waals surface area contributed by atoms with E-state index in [1.54, 1.807) is 6.20 Å². The van der Waals surface area contributed by atoms with Crippen LogP contribution in [0.5, 0.6) is 0 Å². The molecule has 0 aromatic carbocycles. The molecular formula is C4H6N2O2S2. The Morgan fingerprint density at radius 2 is 2.40 bits per heavy atom. The molecule has 0 aliphatic carbocycles. The molecule has 0 aliphatic rings. The van der Waals surface area contributed by atoms with Crippen LogP contribution in [0.15, 0.2) is 17.6 Å². The van der Waals surface area contributed by atoms with Crippen LogP contribution in [-0.2, 0) is 8.87 Å². The van der Waals surface area contributed by atoms with Crippen LogP contribution in [0.25, 0.3) is 0 Å². The smallest absolute Gasteiger partial charge is 0.206 e. The van der Waals surface area contributed by atoms with Gasteiger partial charge in [-0.15, -0.1) is 0 Å². The van der Waals surface area contributed by atoms with Crippen molar-refractivity contribution in [2.24, 2.45) is 0 Å². The van der Waals surface area contributed by atoms with E-state index in [9.17, 15) is 8.42 Å². The van der Waals surface area contributed by atoms with Crippen LogP contribution in [0.3, 0.4) is 0 Å². The van der Waals surface area contributed by atoms with E-state index < -0.39 is 8.87 Å². The fourth-order valence-electron chi connectivity index (χ4n) is 0.440. The number of aromatic amines is 1. The Morgan fingerprint density at radius 1 is 1.70 bits per heavy atom. The van der Waals surface area contributed by atoms with Crippen LogP contribution in [0.2, 0.25) is 0 Å². The van der Waals surface area contributed by atoms with E-state index in [0.717, 1.165) is 6.26 Å². The number of imidazole rings is 1. The number of hydrogen-bond donors (Lipinski definition) is 1. The minimum atomic E-state index is -3.02. The zero-order chi connectivity index (χ0) is 7.61. The van der Waals surface area contributed by atoms with Gasteiger partial charge in [-0.1, -0.05) is 0 Å². The second kappa shape index (κ2) is 2.63. The van der Waals surface area contributed by atoms with Gasteiger partial charge in [-0.25, -0.2) is 13.4 Å². The Kier molecular flexibility index (Phi) is 2.00. The summed E-state index contributed by atoms with van der Waals surface area (Å²) < 4.78 is 21.2. The fourth-order valence-corrected chi connectivity index (χ4v) is 2.08. The molecule has 10 heavy (non-hydrogen) atoms. The van der Waals surface area contributed by atoms with Gasteiger partial charge in [-0.2, -0.15) is 0 Å². The predicted octanol–water partition coefficient (Wildman–Crippen LogP) is 0.461. The molecule has 1 heterocycles. The van der Waals surface area contributed by atoms with Gasteiger partial charge in [0.05, 0.1) is 0 Å². The summed E-state index contributed by atoms with van der Waals surface area (Å²) in [6.45, 7) is 0. The topological polar surface area (TPSA) is 62.8 Å². The summed E-state index contributed by atoms with van der Waals surface area (Å²) in [6, 6.07) is 0. The average Bonchev–Trinajstić information content (AvgIpc) is 2.12. The van der Waals surface area contributed by atoms with E-state index in [0.29, 0.717) is 16.0 Å². The van der Waals surface area contributed by atoms with Gasteiger partial charge in [-0.05, 0) is 0 Å². The first kappa shape index (κ1) is 7.62. The number of H-pyrrole nitrogens is 1. The zero-order valence-corrected chi connectivity index (χ0v) is 6.87. The highest BCUT2D eigenvalue weighted by molar-refractivity contribution is 8.71. The monoisotopic (exact) mass is 178 g/mol. The molecule has 6 heteroatoms. The minimum Gasteiger partial charge on any atom is -0.339 e. The molecular weight excluding hydrogens is 172 g/mol. The molecule has 0 unspecified atom stereocenters. The Morgan fingerprint density at radius 3 is 2.80 bits per heavy atom. The highest BCUT2D eigenvalue weighted by Crippen LogP contribution is 2.17. The van der Waals surface area contributed by atoms with Crippen molar-refractivity contribution in [2.75, 3.05) is 6.26 Å². The van der Waals surface area contributed by atoms with Crippen LogP contribution in [0, 0.1) is 0 Å². The van der Waals surface area contributed by atoms with Gasteiger partial charge in [0, 0.05) is 29.4 Å². The number of nitrogens with one attached hydrogen (secondary N) is 1. The van der Waals surface area contributed by atoms with Gasteiger partial charge >= 0.3 is 0 Å². The lowest BCUT2D eigenvalue weighted by atomic mass is 11.0. The summed E-state index contributed by atoms with van der Waals surface area (Å²) in [6.07, 6.45) is 4.22. The summed E-state index contributed by atoms with van der Waals surface area (Å²) in [5, 5.41) is 0.405. The molecule has 0 saturated carbocycles. The van der Waals surface area contributed by atoms with Gasteiger partial charge in [0.2, 0.25) is 8.87 Å². The number of nitrogens with zero attached hydrogens (tertiary/aromatic N) is 1. The second-order valence-electron chi connectivity index (χ2n) is 1.68. The maximum atomic E-state index is 10.6. The van der Waals surface area contributed by atoms with Gasteiger partial charge in [0.1, 0.15) is 0 Å². The molecule has 1 aromatic heterocycles. The first-order chi connectivity index (χ1) is 4.58. The van der Waals surface area contributed by atoms with Gasteiger partial charge < -0.3 is 4.98 Å². The van der Waals surface area contributed by atoms with Gasteiger partial charge in [-0.3, -0.25) is 0 Å². The van der Waals surface area contributed by atoms with Gasteiger partial charge in [0.15, 0.2) is 5.16 Å². The Balaban J connectivity index is 2.75. The van der Waals surface area contributed by atoms with E-state index in [1.165, 1.54) is 6.20 Å². The highest BCUT2D eigenvalue weighted by atomic mass is 33.1. The maximum absolute atomic E-state index is 10.6. The van der Waals surface area contributed by atoms with Crippen LogP contribution in [-0.4, -0.2) is 24.6 Å². The molecule has 1 rings (SSSR count). The lowest BCUT2D eigenvalue weighted by Gasteiger charge is -1.89. The van der Waals surface area contributed by atoms with Crippen molar-refractivity contribution in [1.82, 2.24) is 9.97 Å². The van der Waals surface area contributed by atoms with Crippen molar-refractivity contribution >= 4 is 19.7 Å². The molecule has 0 amide bonds. The number of hydrogen-bond acceptors (Lipinski definition) is 4. The largest absolute Gasteiger partial charge is 0.339 e. The third kappa shape index (κ3) is 2.40. The van der Waals surface area contributed by atoms with Crippen molar-refractivity contribution in [1.29, 1.82) is 0 Å². The van der Waals surface area contributed by atoms with E-state index in [1.807, 2.05) is 0 Å². The molecule has 0 fully saturated rings. The summed E-state index contributed by atoms with van der Waals surface area (Å²) >= 11 is 0. The first-order valence-electron chi connectivity index (χ1n) is 2.47. The van der Waals surface area contributed by atoms with Crippen molar-refractivity contribution in [3.8, 4) is 0 Å². The van der Waals surface area contributed by atoms with Crippen molar-refractivity contribution in [3.63, 3.8) is 0 Å². The molecule has 0 aliphatic heterocycles.